The molecule has 0 aliphatic rings. The maximum atomic E-state index is 14.1. The molecule has 0 radical (unpaired) electrons. The second kappa shape index (κ2) is 9.59. The second-order valence-electron chi connectivity index (χ2n) is 7.89. The van der Waals surface area contributed by atoms with Gasteiger partial charge in [-0.1, -0.05) is 45.0 Å². The Morgan fingerprint density at radius 1 is 1.10 bits per heavy atom. The fourth-order valence-corrected chi connectivity index (χ4v) is 3.22. The molecular formula is C21H26FN5O2S. The summed E-state index contributed by atoms with van der Waals surface area (Å²) in [4.78, 5) is 3.69. The van der Waals surface area contributed by atoms with Crippen LogP contribution < -0.4 is 15.4 Å². The molecule has 0 saturated heterocycles. The van der Waals surface area contributed by atoms with E-state index in [0.717, 1.165) is 11.8 Å². The summed E-state index contributed by atoms with van der Waals surface area (Å²) in [5, 5.41) is 14.8. The van der Waals surface area contributed by atoms with Crippen LogP contribution in [-0.4, -0.2) is 20.6 Å². The quantitative estimate of drug-likeness (QED) is 0.370. The topological polar surface area (TPSA) is 106 Å². The molecule has 0 aliphatic carbocycles. The molecule has 0 unspecified atom stereocenters. The van der Waals surface area contributed by atoms with Crippen LogP contribution in [0.3, 0.4) is 0 Å². The summed E-state index contributed by atoms with van der Waals surface area (Å²) in [6, 6.07) is 12.0. The van der Waals surface area contributed by atoms with Crippen LogP contribution in [-0.2, 0) is 28.5 Å². The van der Waals surface area contributed by atoms with E-state index in [4.69, 9.17) is 5.26 Å². The first-order chi connectivity index (χ1) is 14.0. The van der Waals surface area contributed by atoms with Gasteiger partial charge in [0.25, 0.3) is 0 Å². The third kappa shape index (κ3) is 7.37. The number of sulfonamides is 1. The van der Waals surface area contributed by atoms with Gasteiger partial charge < -0.3 is 10.6 Å². The molecule has 30 heavy (non-hydrogen) atoms. The first kappa shape index (κ1) is 23.2. The summed E-state index contributed by atoms with van der Waals surface area (Å²) in [5.74, 6) is -0.311. The van der Waals surface area contributed by atoms with Crippen molar-refractivity contribution in [3.05, 3.63) is 65.0 Å². The maximum Gasteiger partial charge on any atom is 0.229 e. The predicted octanol–water partition coefficient (Wildman–Crippen LogP) is 3.21. The minimum absolute atomic E-state index is 0.0155. The van der Waals surface area contributed by atoms with Crippen molar-refractivity contribution in [2.75, 3.05) is 11.0 Å². The van der Waals surface area contributed by atoms with E-state index in [2.05, 4.69) is 53.3 Å². The third-order valence-electron chi connectivity index (χ3n) is 4.24. The lowest BCUT2D eigenvalue weighted by Crippen LogP contribution is -2.36. The smallest absolute Gasteiger partial charge is 0.229 e. The lowest BCUT2D eigenvalue weighted by molar-refractivity contribution is 0.590. The molecule has 9 heteroatoms. The molecule has 0 spiro atoms. The zero-order valence-electron chi connectivity index (χ0n) is 17.5. The molecule has 160 valence electrons. The Kier molecular flexibility index (Phi) is 7.40. The van der Waals surface area contributed by atoms with E-state index in [1.807, 2.05) is 12.1 Å². The van der Waals surface area contributed by atoms with Crippen LogP contribution in [0.1, 0.15) is 37.5 Å². The Balaban J connectivity index is 2.02. The van der Waals surface area contributed by atoms with E-state index < -0.39 is 15.8 Å². The number of aliphatic imine (C=N–C) groups is 1. The minimum atomic E-state index is -3.47. The standard InChI is InChI=1S/C21H26FN5O2S/c1-21(2,3)17-7-5-15(6-8-17)12-24-20(26-14-23)25-13-16-11-18(9-10-19(16)22)27-30(4,28)29/h5-11,27H,12-13H2,1-4H3,(H2,24,25,26). The second-order valence-corrected chi connectivity index (χ2v) is 9.64. The Bertz CT molecular complexity index is 1050. The summed E-state index contributed by atoms with van der Waals surface area (Å²) >= 11 is 0. The molecular weight excluding hydrogens is 405 g/mol. The average Bonchev–Trinajstić information content (AvgIpc) is 2.64. The molecule has 0 amide bonds. The number of halogens is 1. The van der Waals surface area contributed by atoms with Gasteiger partial charge in [0.2, 0.25) is 22.2 Å². The summed E-state index contributed by atoms with van der Waals surface area (Å²) in [6.45, 7) is 6.86. The lowest BCUT2D eigenvalue weighted by Gasteiger charge is -2.19. The van der Waals surface area contributed by atoms with Crippen molar-refractivity contribution in [3.8, 4) is 6.19 Å². The van der Waals surface area contributed by atoms with E-state index in [1.54, 1.807) is 6.19 Å². The monoisotopic (exact) mass is 431 g/mol. The van der Waals surface area contributed by atoms with Crippen molar-refractivity contribution >= 4 is 21.7 Å². The van der Waals surface area contributed by atoms with E-state index in [1.165, 1.54) is 23.8 Å². The third-order valence-corrected chi connectivity index (χ3v) is 4.84. The van der Waals surface area contributed by atoms with Gasteiger partial charge in [-0.2, -0.15) is 5.26 Å². The lowest BCUT2D eigenvalue weighted by atomic mass is 9.87. The van der Waals surface area contributed by atoms with Crippen LogP contribution in [0.2, 0.25) is 0 Å². The van der Waals surface area contributed by atoms with Gasteiger partial charge in [-0.05, 0) is 34.7 Å². The van der Waals surface area contributed by atoms with Crippen LogP contribution in [0.4, 0.5) is 10.1 Å². The highest BCUT2D eigenvalue weighted by atomic mass is 32.2. The normalized spacial score (nSPS) is 12.2. The Labute approximate surface area is 177 Å². The molecule has 3 N–H and O–H groups in total. The van der Waals surface area contributed by atoms with Crippen molar-refractivity contribution in [2.45, 2.75) is 39.3 Å². The Morgan fingerprint density at radius 3 is 2.30 bits per heavy atom. The molecule has 0 heterocycles. The van der Waals surface area contributed by atoms with Gasteiger partial charge in [0, 0.05) is 24.3 Å². The van der Waals surface area contributed by atoms with Crippen molar-refractivity contribution in [2.24, 2.45) is 4.99 Å². The number of anilines is 1. The van der Waals surface area contributed by atoms with Gasteiger partial charge >= 0.3 is 0 Å². The number of nitriles is 1. The fourth-order valence-electron chi connectivity index (χ4n) is 2.67. The zero-order valence-corrected chi connectivity index (χ0v) is 18.3. The number of hydrogen-bond acceptors (Lipinski definition) is 4. The first-order valence-electron chi connectivity index (χ1n) is 9.28. The summed E-state index contributed by atoms with van der Waals surface area (Å²) in [7, 11) is -3.47. The Morgan fingerprint density at radius 2 is 1.73 bits per heavy atom. The van der Waals surface area contributed by atoms with Crippen LogP contribution in [0, 0.1) is 17.3 Å². The van der Waals surface area contributed by atoms with Crippen molar-refractivity contribution in [1.82, 2.24) is 10.6 Å². The number of nitrogens with zero attached hydrogens (tertiary/aromatic N) is 2. The molecule has 0 aromatic heterocycles. The van der Waals surface area contributed by atoms with Crippen LogP contribution in [0.5, 0.6) is 0 Å². The van der Waals surface area contributed by atoms with Crippen LogP contribution in [0.25, 0.3) is 0 Å². The van der Waals surface area contributed by atoms with E-state index in [-0.39, 0.29) is 29.2 Å². The predicted molar refractivity (Wildman–Crippen MR) is 117 cm³/mol. The number of hydrogen-bond donors (Lipinski definition) is 3. The summed E-state index contributed by atoms with van der Waals surface area (Å²) in [5.41, 5.74) is 2.76. The zero-order chi connectivity index (χ0) is 22.4. The molecule has 0 bridgehead atoms. The highest BCUT2D eigenvalue weighted by Crippen LogP contribution is 2.22. The van der Waals surface area contributed by atoms with Gasteiger partial charge in [0.15, 0.2) is 0 Å². The van der Waals surface area contributed by atoms with Crippen LogP contribution >= 0.6 is 0 Å². The van der Waals surface area contributed by atoms with Crippen molar-refractivity contribution in [1.29, 1.82) is 5.26 Å². The highest BCUT2D eigenvalue weighted by molar-refractivity contribution is 7.92. The van der Waals surface area contributed by atoms with Gasteiger partial charge in [-0.3, -0.25) is 4.72 Å². The first-order valence-corrected chi connectivity index (χ1v) is 11.2. The fraction of sp³-hybridized carbons (Fsp3) is 0.333. The molecule has 0 fully saturated rings. The van der Waals surface area contributed by atoms with E-state index in [9.17, 15) is 12.8 Å². The van der Waals surface area contributed by atoms with Crippen LogP contribution in [0.15, 0.2) is 47.5 Å². The largest absolute Gasteiger partial charge is 0.351 e. The molecule has 0 saturated carbocycles. The van der Waals surface area contributed by atoms with E-state index in [0.29, 0.717) is 6.54 Å². The van der Waals surface area contributed by atoms with Crippen molar-refractivity contribution < 1.29 is 12.8 Å². The molecule has 2 aromatic carbocycles. The SMILES string of the molecule is CC(C)(C)c1ccc(CN/C(=N\C#N)NCc2cc(NS(C)(=O)=O)ccc2F)cc1. The van der Waals surface area contributed by atoms with E-state index >= 15 is 0 Å². The minimum Gasteiger partial charge on any atom is -0.351 e. The van der Waals surface area contributed by atoms with Gasteiger partial charge in [-0.25, -0.2) is 12.8 Å². The maximum absolute atomic E-state index is 14.1. The number of benzene rings is 2. The molecule has 2 aromatic rings. The molecule has 2 rings (SSSR count). The van der Waals surface area contributed by atoms with Gasteiger partial charge in [0.05, 0.1) is 6.26 Å². The number of nitrogens with one attached hydrogen (secondary N) is 3. The molecule has 0 atom stereocenters. The summed E-state index contributed by atoms with van der Waals surface area (Å²) in [6.07, 6.45) is 2.72. The summed E-state index contributed by atoms with van der Waals surface area (Å²) < 4.78 is 39.1. The van der Waals surface area contributed by atoms with Crippen molar-refractivity contribution in [3.63, 3.8) is 0 Å². The average molecular weight is 432 g/mol. The molecule has 7 nitrogen and oxygen atoms in total. The number of guanidine groups is 1. The van der Waals surface area contributed by atoms with Gasteiger partial charge in [0.1, 0.15) is 5.82 Å². The molecule has 0 aliphatic heterocycles. The number of rotatable bonds is 6. The Hall–Kier alpha value is -3.12. The van der Waals surface area contributed by atoms with Gasteiger partial charge in [-0.15, -0.1) is 4.99 Å². The highest BCUT2D eigenvalue weighted by Gasteiger charge is 2.13.